The largest absolute Gasteiger partial charge is 0.465 e. The number of para-hydroxylation sites is 2. The number of likely N-dealkylation sites (tertiary alicyclic amines) is 1. The minimum atomic E-state index is -1.00. The molecule has 1 saturated heterocycles. The summed E-state index contributed by atoms with van der Waals surface area (Å²) in [6.45, 7) is 12.3. The van der Waals surface area contributed by atoms with Crippen molar-refractivity contribution in [3.05, 3.63) is 30.1 Å². The zero-order valence-electron chi connectivity index (χ0n) is 25.0. The Morgan fingerprint density at radius 2 is 1.88 bits per heavy atom. The highest BCUT2D eigenvalue weighted by molar-refractivity contribution is 5.95. The highest BCUT2D eigenvalue weighted by Crippen LogP contribution is 2.45. The van der Waals surface area contributed by atoms with E-state index in [9.17, 15) is 19.8 Å². The van der Waals surface area contributed by atoms with Gasteiger partial charge in [-0.3, -0.25) is 4.79 Å². The lowest BCUT2D eigenvalue weighted by molar-refractivity contribution is -0.0631. The molecule has 2 aromatic rings. The second kappa shape index (κ2) is 12.5. The van der Waals surface area contributed by atoms with E-state index in [1.165, 1.54) is 4.90 Å². The zero-order valence-corrected chi connectivity index (χ0v) is 25.0. The number of carbonyl (C=O) groups excluding carboxylic acids is 1. The van der Waals surface area contributed by atoms with Gasteiger partial charge in [0.05, 0.1) is 23.2 Å². The molecule has 1 aliphatic heterocycles. The summed E-state index contributed by atoms with van der Waals surface area (Å²) in [5.74, 6) is 0.334. The Labute approximate surface area is 238 Å². The first kappa shape index (κ1) is 30.3. The topological polar surface area (TPSA) is 108 Å². The molecule has 4 rings (SSSR count). The van der Waals surface area contributed by atoms with Crippen LogP contribution in [0.5, 0.6) is 0 Å². The third-order valence-corrected chi connectivity index (χ3v) is 8.46. The molecule has 9 heteroatoms. The molecule has 2 N–H and O–H groups in total. The van der Waals surface area contributed by atoms with Crippen molar-refractivity contribution in [3.63, 3.8) is 0 Å². The zero-order chi connectivity index (χ0) is 29.2. The smallest absolute Gasteiger partial charge is 0.407 e. The van der Waals surface area contributed by atoms with Crippen molar-refractivity contribution in [2.45, 2.75) is 91.5 Å². The number of hydrogen-bond donors (Lipinski definition) is 2. The molecule has 2 heterocycles. The Hall–Kier alpha value is -2.65. The van der Waals surface area contributed by atoms with Crippen molar-refractivity contribution in [3.8, 4) is 0 Å². The van der Waals surface area contributed by atoms with Gasteiger partial charge >= 0.3 is 6.09 Å². The van der Waals surface area contributed by atoms with Crippen LogP contribution in [0.4, 0.5) is 4.79 Å². The van der Waals surface area contributed by atoms with Crippen molar-refractivity contribution in [2.75, 3.05) is 26.8 Å². The Morgan fingerprint density at radius 1 is 1.18 bits per heavy atom. The first-order valence-corrected chi connectivity index (χ1v) is 14.9. The third kappa shape index (κ3) is 6.62. The number of nitrogens with zero attached hydrogens (tertiary/aromatic N) is 4. The van der Waals surface area contributed by atoms with Crippen LogP contribution in [0.25, 0.3) is 11.0 Å². The molecule has 1 aromatic carbocycles. The Kier molecular flexibility index (Phi) is 9.45. The normalized spacial score (nSPS) is 22.6. The van der Waals surface area contributed by atoms with E-state index in [0.717, 1.165) is 36.7 Å². The summed E-state index contributed by atoms with van der Waals surface area (Å²) in [5, 5.41) is 21.8. The minimum Gasteiger partial charge on any atom is -0.465 e. The average molecular weight is 557 g/mol. The molecule has 40 heavy (non-hydrogen) atoms. The van der Waals surface area contributed by atoms with Crippen molar-refractivity contribution >= 4 is 23.0 Å². The summed E-state index contributed by atoms with van der Waals surface area (Å²) in [6.07, 6.45) is 2.63. The number of piperidine rings is 1. The number of benzene rings is 1. The van der Waals surface area contributed by atoms with Crippen LogP contribution in [0, 0.1) is 23.2 Å². The van der Waals surface area contributed by atoms with Gasteiger partial charge in [0.15, 0.2) is 5.82 Å². The molecule has 1 aliphatic carbocycles. The number of aliphatic hydroxyl groups excluding tert-OH is 1. The number of imidazole rings is 1. The number of unbranched alkanes of at least 4 members (excludes halogenated alkanes) is 1. The number of rotatable bonds is 11. The summed E-state index contributed by atoms with van der Waals surface area (Å²) >= 11 is 0. The predicted molar refractivity (Wildman–Crippen MR) is 155 cm³/mol. The highest BCUT2D eigenvalue weighted by atomic mass is 16.5. The maximum absolute atomic E-state index is 14.4. The fourth-order valence-electron chi connectivity index (χ4n) is 6.64. The van der Waals surface area contributed by atoms with E-state index in [4.69, 9.17) is 9.72 Å². The molecule has 9 nitrogen and oxygen atoms in total. The summed E-state index contributed by atoms with van der Waals surface area (Å²) in [4.78, 5) is 35.2. The van der Waals surface area contributed by atoms with E-state index in [-0.39, 0.29) is 47.7 Å². The van der Waals surface area contributed by atoms with Crippen LogP contribution < -0.4 is 0 Å². The van der Waals surface area contributed by atoms with Gasteiger partial charge in [-0.2, -0.15) is 0 Å². The van der Waals surface area contributed by atoms with Gasteiger partial charge < -0.3 is 29.3 Å². The maximum atomic E-state index is 14.4. The molecular weight excluding hydrogens is 508 g/mol. The van der Waals surface area contributed by atoms with Gasteiger partial charge in [0.1, 0.15) is 0 Å². The number of fused-ring (bicyclic) bond motifs is 1. The second-order valence-electron chi connectivity index (χ2n) is 13.3. The van der Waals surface area contributed by atoms with Gasteiger partial charge in [-0.05, 0) is 61.5 Å². The van der Waals surface area contributed by atoms with Gasteiger partial charge in [0, 0.05) is 45.3 Å². The average Bonchev–Trinajstić information content (AvgIpc) is 3.69. The molecule has 4 atom stereocenters. The summed E-state index contributed by atoms with van der Waals surface area (Å²) < 4.78 is 7.23. The van der Waals surface area contributed by atoms with Crippen molar-refractivity contribution < 1.29 is 24.5 Å². The summed E-state index contributed by atoms with van der Waals surface area (Å²) in [5.41, 5.74) is 1.33. The van der Waals surface area contributed by atoms with Crippen LogP contribution in [0.1, 0.15) is 77.3 Å². The van der Waals surface area contributed by atoms with Crippen LogP contribution in [0.3, 0.4) is 0 Å². The number of carboxylic acid groups (broad SMARTS) is 1. The van der Waals surface area contributed by atoms with Crippen LogP contribution in [-0.2, 0) is 11.3 Å². The van der Waals surface area contributed by atoms with E-state index in [2.05, 4.69) is 13.8 Å². The van der Waals surface area contributed by atoms with Gasteiger partial charge in [-0.15, -0.1) is 0 Å². The van der Waals surface area contributed by atoms with Gasteiger partial charge in [-0.1, -0.05) is 46.8 Å². The van der Waals surface area contributed by atoms with Gasteiger partial charge in [-0.25, -0.2) is 9.78 Å². The van der Waals surface area contributed by atoms with E-state index >= 15 is 0 Å². The number of aryl methyl sites for hydroxylation is 1. The molecule has 2 aliphatic rings. The lowest BCUT2D eigenvalue weighted by atomic mass is 9.70. The fraction of sp³-hybridized carbons (Fsp3) is 0.710. The van der Waals surface area contributed by atoms with Gasteiger partial charge in [0.25, 0.3) is 5.91 Å². The Morgan fingerprint density at radius 3 is 2.48 bits per heavy atom. The molecule has 1 saturated carbocycles. The fourth-order valence-corrected chi connectivity index (χ4v) is 6.64. The SMILES string of the molecule is COCCCCn1c(C(=O)N(CC(C)C)[C@H]2C[C@@H](C(O)C3CC3)C(C(C)(C)C)N(C(=O)O)C2)nc2ccccc21. The molecule has 0 radical (unpaired) electrons. The molecule has 0 spiro atoms. The number of ether oxygens (including phenoxy) is 1. The highest BCUT2D eigenvalue weighted by Gasteiger charge is 2.51. The van der Waals surface area contributed by atoms with Crippen LogP contribution in [0.2, 0.25) is 0 Å². The van der Waals surface area contributed by atoms with Crippen molar-refractivity contribution in [2.24, 2.45) is 23.2 Å². The molecule has 222 valence electrons. The van der Waals surface area contributed by atoms with E-state index in [1.54, 1.807) is 7.11 Å². The van der Waals surface area contributed by atoms with Crippen LogP contribution >= 0.6 is 0 Å². The number of methoxy groups -OCH3 is 1. The molecular formula is C31H48N4O5. The quantitative estimate of drug-likeness (QED) is 0.372. The van der Waals surface area contributed by atoms with Crippen LogP contribution in [-0.4, -0.2) is 86.6 Å². The Bertz CT molecular complexity index is 1170. The molecule has 2 unspecified atom stereocenters. The lowest BCUT2D eigenvalue weighted by Gasteiger charge is -2.52. The lowest BCUT2D eigenvalue weighted by Crippen LogP contribution is -2.64. The van der Waals surface area contributed by atoms with E-state index in [0.29, 0.717) is 31.9 Å². The number of aromatic nitrogens is 2. The summed E-state index contributed by atoms with van der Waals surface area (Å²) in [7, 11) is 1.69. The summed E-state index contributed by atoms with van der Waals surface area (Å²) in [6, 6.07) is 7.10. The van der Waals surface area contributed by atoms with Gasteiger partial charge in [0.2, 0.25) is 0 Å². The molecule has 2 fully saturated rings. The first-order chi connectivity index (χ1) is 18.9. The van der Waals surface area contributed by atoms with Crippen molar-refractivity contribution in [1.82, 2.24) is 19.4 Å². The van der Waals surface area contributed by atoms with Crippen LogP contribution in [0.15, 0.2) is 24.3 Å². The number of hydrogen-bond acceptors (Lipinski definition) is 5. The Balaban J connectivity index is 1.72. The molecule has 2 amide bonds. The third-order valence-electron chi connectivity index (χ3n) is 8.46. The second-order valence-corrected chi connectivity index (χ2v) is 13.3. The number of aliphatic hydroxyl groups is 1. The standard InChI is InChI=1S/C31H48N4O5/c1-20(2)18-34(29(37)28-32-24-11-7-8-12-25(24)33(28)15-9-10-16-40-6)22-17-23(26(36)21-13-14-21)27(31(3,4)5)35(19-22)30(38)39/h7-8,11-12,20-23,26-27,36H,9-10,13-19H2,1-6H3,(H,38,39)/t22-,23-,26?,27?/m0/s1. The number of amides is 2. The predicted octanol–water partition coefficient (Wildman–Crippen LogP) is 5.12. The van der Waals surface area contributed by atoms with Crippen molar-refractivity contribution in [1.29, 1.82) is 0 Å². The monoisotopic (exact) mass is 556 g/mol. The van der Waals surface area contributed by atoms with E-state index < -0.39 is 12.2 Å². The molecule has 0 bridgehead atoms. The number of carbonyl (C=O) groups is 2. The molecule has 1 aromatic heterocycles. The maximum Gasteiger partial charge on any atom is 0.407 e. The first-order valence-electron chi connectivity index (χ1n) is 14.9. The van der Waals surface area contributed by atoms with E-state index in [1.807, 2.05) is 54.5 Å². The minimum absolute atomic E-state index is 0.175.